The molecule has 0 fully saturated rings. The quantitative estimate of drug-likeness (QED) is 0.775. The third-order valence-corrected chi connectivity index (χ3v) is 2.03. The summed E-state index contributed by atoms with van der Waals surface area (Å²) in [5.74, 6) is 0. The summed E-state index contributed by atoms with van der Waals surface area (Å²) in [6.07, 6.45) is 1.28. The zero-order chi connectivity index (χ0) is 9.90. The molecular weight excluding hydrogens is 212 g/mol. The fourth-order valence-electron chi connectivity index (χ4n) is 0.738. The first-order chi connectivity index (χ1) is 5.97. The van der Waals surface area contributed by atoms with Gasteiger partial charge in [-0.2, -0.15) is 8.42 Å². The molecule has 1 N–H and O–H groups in total. The predicted octanol–water partition coefficient (Wildman–Crippen LogP) is 2.20. The molecule has 0 aliphatic carbocycles. The maximum Gasteiger partial charge on any atom is 0.287 e. The second-order valence-electron chi connectivity index (χ2n) is 2.37. The van der Waals surface area contributed by atoms with Crippen LogP contribution in [0.25, 0.3) is 6.08 Å². The van der Waals surface area contributed by atoms with Crippen LogP contribution in [0.3, 0.4) is 0 Å². The maximum atomic E-state index is 10.3. The van der Waals surface area contributed by atoms with E-state index in [1.165, 1.54) is 6.08 Å². The lowest BCUT2D eigenvalue weighted by atomic mass is 10.2. The summed E-state index contributed by atoms with van der Waals surface area (Å²) in [7, 11) is -4.05. The van der Waals surface area contributed by atoms with Crippen molar-refractivity contribution >= 4 is 27.8 Å². The minimum Gasteiger partial charge on any atom is -0.282 e. The molecule has 0 atom stereocenters. The van der Waals surface area contributed by atoms with Gasteiger partial charge in [-0.05, 0) is 23.8 Å². The molecule has 1 rings (SSSR count). The average Bonchev–Trinajstić information content (AvgIpc) is 2.02. The van der Waals surface area contributed by atoms with Gasteiger partial charge in [0.1, 0.15) is 0 Å². The summed E-state index contributed by atoms with van der Waals surface area (Å²) in [6, 6.07) is 6.55. The van der Waals surface area contributed by atoms with E-state index in [1.807, 2.05) is 0 Å². The van der Waals surface area contributed by atoms with Gasteiger partial charge in [-0.15, -0.1) is 0 Å². The van der Waals surface area contributed by atoms with E-state index >= 15 is 0 Å². The van der Waals surface area contributed by atoms with E-state index in [-0.39, 0.29) is 0 Å². The minimum absolute atomic E-state index is 0.573. The molecule has 0 heterocycles. The third-order valence-electron chi connectivity index (χ3n) is 1.30. The van der Waals surface area contributed by atoms with Crippen LogP contribution in [0.1, 0.15) is 5.56 Å². The highest BCUT2D eigenvalue weighted by atomic mass is 35.5. The zero-order valence-corrected chi connectivity index (χ0v) is 8.09. The Morgan fingerprint density at radius 1 is 1.23 bits per heavy atom. The molecule has 0 aromatic heterocycles. The fourth-order valence-corrected chi connectivity index (χ4v) is 1.19. The normalized spacial score (nSPS) is 12.2. The van der Waals surface area contributed by atoms with Crippen molar-refractivity contribution < 1.29 is 13.0 Å². The average molecular weight is 219 g/mol. The molecule has 0 amide bonds. The molecule has 0 spiro atoms. The molecular formula is C8H7ClO3S. The summed E-state index contributed by atoms with van der Waals surface area (Å²) >= 11 is 5.61. The molecule has 0 saturated carbocycles. The van der Waals surface area contributed by atoms with Crippen molar-refractivity contribution in [2.75, 3.05) is 0 Å². The van der Waals surface area contributed by atoms with Gasteiger partial charge in [-0.3, -0.25) is 4.55 Å². The summed E-state index contributed by atoms with van der Waals surface area (Å²) in [6.45, 7) is 0. The smallest absolute Gasteiger partial charge is 0.282 e. The molecule has 0 aliphatic rings. The lowest BCUT2D eigenvalue weighted by Gasteiger charge is -1.92. The molecule has 0 bridgehead atoms. The molecule has 13 heavy (non-hydrogen) atoms. The van der Waals surface area contributed by atoms with Crippen LogP contribution in [0.4, 0.5) is 0 Å². The van der Waals surface area contributed by atoms with Crippen molar-refractivity contribution in [3.8, 4) is 0 Å². The van der Waals surface area contributed by atoms with Crippen LogP contribution >= 0.6 is 11.6 Å². The van der Waals surface area contributed by atoms with Gasteiger partial charge >= 0.3 is 0 Å². The lowest BCUT2D eigenvalue weighted by molar-refractivity contribution is 0.494. The number of hydrogen-bond acceptors (Lipinski definition) is 2. The van der Waals surface area contributed by atoms with Gasteiger partial charge < -0.3 is 0 Å². The molecule has 3 nitrogen and oxygen atoms in total. The van der Waals surface area contributed by atoms with Crippen molar-refractivity contribution in [2.45, 2.75) is 0 Å². The van der Waals surface area contributed by atoms with Crippen molar-refractivity contribution in [3.63, 3.8) is 0 Å². The van der Waals surface area contributed by atoms with Crippen LogP contribution in [-0.2, 0) is 10.1 Å². The number of halogens is 1. The first-order valence-corrected chi connectivity index (χ1v) is 5.27. The Labute approximate surface area is 81.4 Å². The van der Waals surface area contributed by atoms with E-state index in [4.69, 9.17) is 16.2 Å². The van der Waals surface area contributed by atoms with Crippen molar-refractivity contribution in [3.05, 3.63) is 40.3 Å². The Morgan fingerprint density at radius 2 is 1.77 bits per heavy atom. The molecule has 1 aromatic rings. The summed E-state index contributed by atoms with van der Waals surface area (Å²) in [5.41, 5.74) is 0.655. The SMILES string of the molecule is O=S(=O)(O)C=Cc1ccc(Cl)cc1. The van der Waals surface area contributed by atoms with Crippen LogP contribution < -0.4 is 0 Å². The topological polar surface area (TPSA) is 54.4 Å². The Bertz CT molecular complexity index is 406. The van der Waals surface area contributed by atoms with Crippen LogP contribution in [0.5, 0.6) is 0 Å². The van der Waals surface area contributed by atoms with E-state index < -0.39 is 10.1 Å². The molecule has 0 saturated heterocycles. The maximum absolute atomic E-state index is 10.3. The van der Waals surface area contributed by atoms with E-state index in [2.05, 4.69) is 0 Å². The summed E-state index contributed by atoms with van der Waals surface area (Å²) < 4.78 is 29.0. The van der Waals surface area contributed by atoms with Crippen molar-refractivity contribution in [1.82, 2.24) is 0 Å². The molecule has 0 unspecified atom stereocenters. The van der Waals surface area contributed by atoms with Gasteiger partial charge in [0.25, 0.3) is 10.1 Å². The second kappa shape index (κ2) is 3.91. The van der Waals surface area contributed by atoms with Gasteiger partial charge in [-0.1, -0.05) is 23.7 Å². The van der Waals surface area contributed by atoms with Crippen LogP contribution in [0, 0.1) is 0 Å². The monoisotopic (exact) mass is 218 g/mol. The van der Waals surface area contributed by atoms with Crippen molar-refractivity contribution in [1.29, 1.82) is 0 Å². The molecule has 0 aliphatic heterocycles. The zero-order valence-electron chi connectivity index (χ0n) is 6.51. The van der Waals surface area contributed by atoms with E-state index in [9.17, 15) is 8.42 Å². The van der Waals surface area contributed by atoms with Gasteiger partial charge in [0.2, 0.25) is 0 Å². The first kappa shape index (κ1) is 10.2. The highest BCUT2D eigenvalue weighted by Gasteiger charge is 1.95. The van der Waals surface area contributed by atoms with Gasteiger partial charge in [0, 0.05) is 5.02 Å². The van der Waals surface area contributed by atoms with Crippen LogP contribution in [-0.4, -0.2) is 13.0 Å². The molecule has 70 valence electrons. The van der Waals surface area contributed by atoms with Crippen LogP contribution in [0.2, 0.25) is 5.02 Å². The Balaban J connectivity index is 2.88. The molecule has 5 heteroatoms. The van der Waals surface area contributed by atoms with Gasteiger partial charge in [-0.25, -0.2) is 0 Å². The van der Waals surface area contributed by atoms with Gasteiger partial charge in [0.05, 0.1) is 5.41 Å². The second-order valence-corrected chi connectivity index (χ2v) is 4.11. The van der Waals surface area contributed by atoms with Crippen molar-refractivity contribution in [2.24, 2.45) is 0 Å². The van der Waals surface area contributed by atoms with E-state index in [1.54, 1.807) is 24.3 Å². The molecule has 0 radical (unpaired) electrons. The van der Waals surface area contributed by atoms with E-state index in [0.717, 1.165) is 5.41 Å². The van der Waals surface area contributed by atoms with Crippen LogP contribution in [0.15, 0.2) is 29.7 Å². The summed E-state index contributed by atoms with van der Waals surface area (Å²) in [5, 5.41) is 1.29. The Kier molecular flexibility index (Phi) is 3.08. The largest absolute Gasteiger partial charge is 0.287 e. The number of rotatable bonds is 2. The summed E-state index contributed by atoms with van der Waals surface area (Å²) in [4.78, 5) is 0. The number of hydrogen-bond donors (Lipinski definition) is 1. The minimum atomic E-state index is -4.05. The molecule has 1 aromatic carbocycles. The first-order valence-electron chi connectivity index (χ1n) is 3.38. The standard InChI is InChI=1S/C8H7ClO3S/c9-8-3-1-7(2-4-8)5-6-13(10,11)12/h1-6H,(H,10,11,12). The predicted molar refractivity (Wildman–Crippen MR) is 52.0 cm³/mol. The lowest BCUT2D eigenvalue weighted by Crippen LogP contribution is -1.88. The number of benzene rings is 1. The Morgan fingerprint density at radius 3 is 2.23 bits per heavy atom. The highest BCUT2D eigenvalue weighted by Crippen LogP contribution is 2.10. The van der Waals surface area contributed by atoms with E-state index in [0.29, 0.717) is 10.6 Å². The third kappa shape index (κ3) is 4.07. The Hall–Kier alpha value is -0.840. The highest BCUT2D eigenvalue weighted by molar-refractivity contribution is 7.88. The fraction of sp³-hybridized carbons (Fsp3) is 0. The van der Waals surface area contributed by atoms with Gasteiger partial charge in [0.15, 0.2) is 0 Å².